The minimum atomic E-state index is -4.54. The largest absolute Gasteiger partial charge is 0.434 e. The number of likely N-dealkylation sites (tertiary alicyclic amines) is 1. The average molecular weight is 456 g/mol. The predicted molar refractivity (Wildman–Crippen MR) is 108 cm³/mol. The quantitative estimate of drug-likeness (QED) is 0.644. The molecular weight excluding hydrogens is 437 g/mol. The molecule has 2 aliphatic carbocycles. The minimum absolute atomic E-state index is 0.0700. The lowest BCUT2D eigenvalue weighted by Gasteiger charge is -2.48. The first-order chi connectivity index (χ1) is 15.8. The molecule has 1 amide bonds. The summed E-state index contributed by atoms with van der Waals surface area (Å²) in [6, 6.07) is 3.37. The van der Waals surface area contributed by atoms with Gasteiger partial charge in [0.25, 0.3) is 5.91 Å². The van der Waals surface area contributed by atoms with E-state index in [2.05, 4.69) is 30.5 Å². The number of pyridine rings is 1. The third kappa shape index (κ3) is 3.07. The van der Waals surface area contributed by atoms with Crippen molar-refractivity contribution in [2.24, 2.45) is 11.3 Å². The van der Waals surface area contributed by atoms with Gasteiger partial charge < -0.3 is 10.2 Å². The van der Waals surface area contributed by atoms with Crippen LogP contribution in [0.4, 0.5) is 19.0 Å². The molecule has 1 N–H and O–H groups in total. The van der Waals surface area contributed by atoms with Gasteiger partial charge in [-0.3, -0.25) is 4.79 Å². The van der Waals surface area contributed by atoms with Crippen LogP contribution >= 0.6 is 0 Å². The molecule has 170 valence electrons. The van der Waals surface area contributed by atoms with E-state index in [9.17, 15) is 18.0 Å². The smallest absolute Gasteiger partial charge is 0.364 e. The number of carbonyl (C=O) groups is 1. The molecule has 0 radical (unpaired) electrons. The molecule has 1 spiro atoms. The number of aryl methyl sites for hydroxylation is 1. The first kappa shape index (κ1) is 20.1. The molecular formula is C21H19F3N8O. The number of amides is 1. The lowest BCUT2D eigenvalue weighted by atomic mass is 9.71. The first-order valence-electron chi connectivity index (χ1n) is 10.6. The third-order valence-corrected chi connectivity index (χ3v) is 6.99. The Labute approximate surface area is 186 Å². The second-order valence-electron chi connectivity index (χ2n) is 8.92. The van der Waals surface area contributed by atoms with Crippen molar-refractivity contribution in [3.8, 4) is 5.69 Å². The number of halogens is 3. The Balaban J connectivity index is 1.26. The van der Waals surface area contributed by atoms with Crippen molar-refractivity contribution in [3.63, 3.8) is 0 Å². The molecule has 9 nitrogen and oxygen atoms in total. The predicted octanol–water partition coefficient (Wildman–Crippen LogP) is 2.49. The molecule has 2 saturated carbocycles. The Morgan fingerprint density at radius 1 is 1.15 bits per heavy atom. The highest BCUT2D eigenvalue weighted by Crippen LogP contribution is 2.71. The molecule has 33 heavy (non-hydrogen) atoms. The van der Waals surface area contributed by atoms with Crippen molar-refractivity contribution < 1.29 is 18.0 Å². The first-order valence-corrected chi connectivity index (χ1v) is 10.6. The maximum atomic E-state index is 13.6. The summed E-state index contributed by atoms with van der Waals surface area (Å²) in [6.45, 7) is 2.44. The molecule has 3 aromatic rings. The SMILES string of the molecule is Cc1ccc(-n2nccn2)c(C(=O)N2CC3CC34CC(Nc3cnc(C(F)(F)F)cn3)C24)n1. The molecule has 0 aromatic carbocycles. The van der Waals surface area contributed by atoms with Crippen molar-refractivity contribution >= 4 is 11.7 Å². The van der Waals surface area contributed by atoms with Crippen LogP contribution in [0.25, 0.3) is 5.69 Å². The summed E-state index contributed by atoms with van der Waals surface area (Å²) in [7, 11) is 0. The molecule has 3 fully saturated rings. The Hall–Kier alpha value is -3.57. The average Bonchev–Trinajstić information content (AvgIpc) is 3.14. The van der Waals surface area contributed by atoms with Gasteiger partial charge in [0.05, 0.1) is 30.8 Å². The summed E-state index contributed by atoms with van der Waals surface area (Å²) in [5.74, 6) is 0.487. The summed E-state index contributed by atoms with van der Waals surface area (Å²) < 4.78 is 38.3. The van der Waals surface area contributed by atoms with Gasteiger partial charge in [-0.15, -0.1) is 4.80 Å². The van der Waals surface area contributed by atoms with Gasteiger partial charge in [0.1, 0.15) is 11.5 Å². The monoisotopic (exact) mass is 456 g/mol. The Kier molecular flexibility index (Phi) is 4.08. The molecule has 1 saturated heterocycles. The minimum Gasteiger partial charge on any atom is -0.364 e. The van der Waals surface area contributed by atoms with Gasteiger partial charge >= 0.3 is 6.18 Å². The fraction of sp³-hybridized carbons (Fsp3) is 0.429. The van der Waals surface area contributed by atoms with Crippen LogP contribution in [0.5, 0.6) is 0 Å². The van der Waals surface area contributed by atoms with E-state index in [1.54, 1.807) is 12.1 Å². The zero-order valence-corrected chi connectivity index (χ0v) is 17.5. The van der Waals surface area contributed by atoms with Crippen LogP contribution in [0.3, 0.4) is 0 Å². The van der Waals surface area contributed by atoms with Crippen molar-refractivity contribution in [2.75, 3.05) is 11.9 Å². The van der Waals surface area contributed by atoms with Crippen LogP contribution in [-0.4, -0.2) is 59.4 Å². The number of rotatable bonds is 4. The number of nitrogens with one attached hydrogen (secondary N) is 1. The van der Waals surface area contributed by atoms with E-state index >= 15 is 0 Å². The summed E-state index contributed by atoms with van der Waals surface area (Å²) in [4.78, 5) is 28.7. The van der Waals surface area contributed by atoms with Crippen LogP contribution in [0.15, 0.2) is 36.9 Å². The van der Waals surface area contributed by atoms with E-state index in [0.29, 0.717) is 30.0 Å². The second-order valence-corrected chi connectivity index (χ2v) is 8.92. The van der Waals surface area contributed by atoms with Crippen molar-refractivity contribution in [1.29, 1.82) is 0 Å². The standard InChI is InChI=1S/C21H19F3N8O/c1-11-2-3-14(32-27-4-5-28-32)17(29-11)19(33)31-10-12-6-20(12)7-13(18(20)31)30-16-9-25-15(8-26-16)21(22,23)24/h2-5,8-9,12-13,18H,6-7,10H2,1H3,(H,26,30). The maximum absolute atomic E-state index is 13.6. The number of anilines is 1. The molecule has 3 aromatic heterocycles. The zero-order valence-electron chi connectivity index (χ0n) is 17.5. The molecule has 3 aliphatic rings. The van der Waals surface area contributed by atoms with Gasteiger partial charge in [0.15, 0.2) is 11.4 Å². The number of piperidine rings is 1. The van der Waals surface area contributed by atoms with Crippen molar-refractivity contribution in [3.05, 3.63) is 54.0 Å². The molecule has 1 aliphatic heterocycles. The lowest BCUT2D eigenvalue weighted by molar-refractivity contribution is -0.141. The number of aromatic nitrogens is 6. The van der Waals surface area contributed by atoms with E-state index in [-0.39, 0.29) is 34.9 Å². The Morgan fingerprint density at radius 3 is 2.64 bits per heavy atom. The fourth-order valence-electron chi connectivity index (χ4n) is 5.44. The van der Waals surface area contributed by atoms with Crippen LogP contribution in [-0.2, 0) is 6.18 Å². The van der Waals surface area contributed by atoms with Gasteiger partial charge in [-0.25, -0.2) is 15.0 Å². The van der Waals surface area contributed by atoms with Crippen LogP contribution < -0.4 is 5.32 Å². The van der Waals surface area contributed by atoms with E-state index in [0.717, 1.165) is 19.0 Å². The van der Waals surface area contributed by atoms with Crippen molar-refractivity contribution in [2.45, 2.75) is 38.0 Å². The number of nitrogens with zero attached hydrogens (tertiary/aromatic N) is 7. The highest BCUT2D eigenvalue weighted by Gasteiger charge is 2.75. The molecule has 4 heterocycles. The lowest BCUT2D eigenvalue weighted by Crippen LogP contribution is -2.60. The van der Waals surface area contributed by atoms with E-state index in [1.165, 1.54) is 17.2 Å². The second kappa shape index (κ2) is 6.72. The number of hydrogen-bond donors (Lipinski definition) is 1. The number of alkyl halides is 3. The summed E-state index contributed by atoms with van der Waals surface area (Å²) in [6.07, 6.45) is 2.22. The Bertz CT molecular complexity index is 1230. The van der Waals surface area contributed by atoms with Gasteiger partial charge in [-0.05, 0) is 43.2 Å². The normalized spacial score (nSPS) is 27.5. The highest BCUT2D eigenvalue weighted by atomic mass is 19.4. The van der Waals surface area contributed by atoms with Crippen LogP contribution in [0.1, 0.15) is 34.7 Å². The topological polar surface area (TPSA) is 102 Å². The maximum Gasteiger partial charge on any atom is 0.434 e. The summed E-state index contributed by atoms with van der Waals surface area (Å²) in [5, 5.41) is 11.5. The van der Waals surface area contributed by atoms with E-state index in [4.69, 9.17) is 0 Å². The molecule has 4 atom stereocenters. The molecule has 6 rings (SSSR count). The summed E-state index contributed by atoms with van der Waals surface area (Å²) >= 11 is 0. The third-order valence-electron chi connectivity index (χ3n) is 6.99. The highest BCUT2D eigenvalue weighted by molar-refractivity contribution is 5.96. The van der Waals surface area contributed by atoms with Gasteiger partial charge in [0.2, 0.25) is 0 Å². The fourth-order valence-corrected chi connectivity index (χ4v) is 5.44. The number of hydrogen-bond acceptors (Lipinski definition) is 7. The number of carbonyl (C=O) groups excluding carboxylic acids is 1. The van der Waals surface area contributed by atoms with Gasteiger partial charge in [-0.2, -0.15) is 23.4 Å². The molecule has 0 bridgehead atoms. The Morgan fingerprint density at radius 2 is 1.94 bits per heavy atom. The van der Waals surface area contributed by atoms with Gasteiger partial charge in [-0.1, -0.05) is 0 Å². The van der Waals surface area contributed by atoms with Gasteiger partial charge in [0, 0.05) is 18.3 Å². The summed E-state index contributed by atoms with van der Waals surface area (Å²) in [5.41, 5.74) is 0.519. The van der Waals surface area contributed by atoms with E-state index in [1.807, 2.05) is 11.8 Å². The van der Waals surface area contributed by atoms with Crippen LogP contribution in [0.2, 0.25) is 0 Å². The molecule has 4 unspecified atom stereocenters. The van der Waals surface area contributed by atoms with Crippen LogP contribution in [0, 0.1) is 18.3 Å². The van der Waals surface area contributed by atoms with E-state index < -0.39 is 11.9 Å². The van der Waals surface area contributed by atoms with Crippen molar-refractivity contribution in [1.82, 2.24) is 34.8 Å². The zero-order chi connectivity index (χ0) is 23.0. The molecule has 12 heteroatoms.